The highest BCUT2D eigenvalue weighted by molar-refractivity contribution is 6.32. The van der Waals surface area contributed by atoms with E-state index in [4.69, 9.17) is 21.1 Å². The standard InChI is InChI=1S/C16H24ClNO3/c1-12-3-4-15(17)16(9-12)21-11-14(19)10-18-6-8-20-7-5-13(18)2/h3-4,9,13-14,19H,5-8,10-11H2,1-2H3/t13-,14-/m0/s1. The second kappa shape index (κ2) is 7.99. The number of aliphatic hydroxyl groups is 1. The number of rotatable bonds is 5. The van der Waals surface area contributed by atoms with Gasteiger partial charge in [-0.25, -0.2) is 0 Å². The van der Waals surface area contributed by atoms with Gasteiger partial charge in [0.25, 0.3) is 0 Å². The summed E-state index contributed by atoms with van der Waals surface area (Å²) in [5.41, 5.74) is 1.09. The van der Waals surface area contributed by atoms with Crippen molar-refractivity contribution in [3.8, 4) is 5.75 Å². The molecule has 21 heavy (non-hydrogen) atoms. The smallest absolute Gasteiger partial charge is 0.138 e. The number of nitrogens with zero attached hydrogens (tertiary/aromatic N) is 1. The fraction of sp³-hybridized carbons (Fsp3) is 0.625. The van der Waals surface area contributed by atoms with E-state index < -0.39 is 6.10 Å². The highest BCUT2D eigenvalue weighted by Gasteiger charge is 2.20. The van der Waals surface area contributed by atoms with Crippen LogP contribution in [0.4, 0.5) is 0 Å². The Morgan fingerprint density at radius 1 is 1.48 bits per heavy atom. The molecule has 0 amide bonds. The molecule has 0 aliphatic carbocycles. The van der Waals surface area contributed by atoms with Crippen LogP contribution in [0.15, 0.2) is 18.2 Å². The van der Waals surface area contributed by atoms with Gasteiger partial charge in [0.15, 0.2) is 0 Å². The Morgan fingerprint density at radius 3 is 3.10 bits per heavy atom. The summed E-state index contributed by atoms with van der Waals surface area (Å²) in [7, 11) is 0. The molecule has 1 fully saturated rings. The molecule has 1 saturated heterocycles. The minimum atomic E-state index is -0.540. The largest absolute Gasteiger partial charge is 0.489 e. The van der Waals surface area contributed by atoms with E-state index in [0.29, 0.717) is 23.4 Å². The van der Waals surface area contributed by atoms with E-state index >= 15 is 0 Å². The Hall–Kier alpha value is -0.810. The first-order valence-electron chi connectivity index (χ1n) is 7.45. The lowest BCUT2D eigenvalue weighted by molar-refractivity contribution is 0.0544. The van der Waals surface area contributed by atoms with Gasteiger partial charge in [-0.2, -0.15) is 0 Å². The molecule has 1 aliphatic rings. The minimum Gasteiger partial charge on any atom is -0.489 e. The van der Waals surface area contributed by atoms with Gasteiger partial charge in [0.05, 0.1) is 11.6 Å². The molecule has 2 rings (SSSR count). The van der Waals surface area contributed by atoms with Gasteiger partial charge >= 0.3 is 0 Å². The summed E-state index contributed by atoms with van der Waals surface area (Å²) in [6, 6.07) is 6.05. The maximum absolute atomic E-state index is 10.2. The Bertz CT molecular complexity index is 455. The Balaban J connectivity index is 1.83. The molecule has 1 heterocycles. The number of halogens is 1. The number of β-amino-alcohol motifs (C(OH)–C–C–N with tert-alkyl or cyclic N) is 1. The van der Waals surface area contributed by atoms with Crippen molar-refractivity contribution < 1.29 is 14.6 Å². The Morgan fingerprint density at radius 2 is 2.29 bits per heavy atom. The van der Waals surface area contributed by atoms with Gasteiger partial charge < -0.3 is 14.6 Å². The predicted molar refractivity (Wildman–Crippen MR) is 84.2 cm³/mol. The first-order chi connectivity index (χ1) is 10.1. The molecule has 1 aliphatic heterocycles. The van der Waals surface area contributed by atoms with Gasteiger partial charge in [0, 0.05) is 25.7 Å². The average molecular weight is 314 g/mol. The maximum atomic E-state index is 10.2. The van der Waals surface area contributed by atoms with E-state index in [1.807, 2.05) is 25.1 Å². The Labute approximate surface area is 131 Å². The van der Waals surface area contributed by atoms with Crippen LogP contribution in [-0.2, 0) is 4.74 Å². The van der Waals surface area contributed by atoms with E-state index in [2.05, 4.69) is 11.8 Å². The van der Waals surface area contributed by atoms with E-state index in [-0.39, 0.29) is 6.61 Å². The molecule has 0 saturated carbocycles. The van der Waals surface area contributed by atoms with Crippen molar-refractivity contribution >= 4 is 11.6 Å². The molecule has 1 N–H and O–H groups in total. The van der Waals surface area contributed by atoms with Crippen LogP contribution in [0.1, 0.15) is 18.9 Å². The third-order valence-electron chi connectivity index (χ3n) is 3.79. The van der Waals surface area contributed by atoms with Gasteiger partial charge in [0.2, 0.25) is 0 Å². The predicted octanol–water partition coefficient (Wildman–Crippen LogP) is 2.50. The van der Waals surface area contributed by atoms with Crippen molar-refractivity contribution in [1.29, 1.82) is 0 Å². The van der Waals surface area contributed by atoms with Gasteiger partial charge in [-0.1, -0.05) is 17.7 Å². The van der Waals surface area contributed by atoms with E-state index in [9.17, 15) is 5.11 Å². The first-order valence-corrected chi connectivity index (χ1v) is 7.83. The Kier molecular flexibility index (Phi) is 6.30. The third-order valence-corrected chi connectivity index (χ3v) is 4.10. The van der Waals surface area contributed by atoms with E-state index in [0.717, 1.165) is 31.7 Å². The quantitative estimate of drug-likeness (QED) is 0.907. The molecule has 118 valence electrons. The third kappa shape index (κ3) is 5.15. The van der Waals surface area contributed by atoms with Crippen molar-refractivity contribution in [2.75, 3.05) is 32.9 Å². The van der Waals surface area contributed by atoms with Crippen LogP contribution in [0.5, 0.6) is 5.75 Å². The second-order valence-corrected chi connectivity index (χ2v) is 6.05. The van der Waals surface area contributed by atoms with Gasteiger partial charge in [-0.3, -0.25) is 4.90 Å². The highest BCUT2D eigenvalue weighted by atomic mass is 35.5. The summed E-state index contributed by atoms with van der Waals surface area (Å²) in [4.78, 5) is 2.25. The summed E-state index contributed by atoms with van der Waals surface area (Å²) in [5, 5.41) is 10.8. The molecule has 0 bridgehead atoms. The molecule has 0 radical (unpaired) electrons. The van der Waals surface area contributed by atoms with Gasteiger partial charge in [-0.05, 0) is 38.0 Å². The van der Waals surface area contributed by atoms with Gasteiger partial charge in [-0.15, -0.1) is 0 Å². The summed E-state index contributed by atoms with van der Waals surface area (Å²) >= 11 is 6.08. The maximum Gasteiger partial charge on any atom is 0.138 e. The first kappa shape index (κ1) is 16.6. The van der Waals surface area contributed by atoms with Crippen molar-refractivity contribution in [2.24, 2.45) is 0 Å². The SMILES string of the molecule is Cc1ccc(Cl)c(OC[C@@H](O)CN2CCOCC[C@@H]2C)c1. The van der Waals surface area contributed by atoms with Gasteiger partial charge in [0.1, 0.15) is 18.5 Å². The fourth-order valence-electron chi connectivity index (χ4n) is 2.44. The van der Waals surface area contributed by atoms with E-state index in [1.54, 1.807) is 0 Å². The summed E-state index contributed by atoms with van der Waals surface area (Å²) < 4.78 is 11.1. The highest BCUT2D eigenvalue weighted by Crippen LogP contribution is 2.25. The summed E-state index contributed by atoms with van der Waals surface area (Å²) in [6.07, 6.45) is 0.458. The molecule has 0 aromatic heterocycles. The van der Waals surface area contributed by atoms with Crippen LogP contribution in [0.3, 0.4) is 0 Å². The lowest BCUT2D eigenvalue weighted by Crippen LogP contribution is -2.41. The molecule has 0 spiro atoms. The lowest BCUT2D eigenvalue weighted by Gasteiger charge is -2.28. The van der Waals surface area contributed by atoms with Crippen LogP contribution in [-0.4, -0.2) is 55.1 Å². The van der Waals surface area contributed by atoms with Crippen LogP contribution < -0.4 is 4.74 Å². The van der Waals surface area contributed by atoms with Crippen molar-refractivity contribution in [2.45, 2.75) is 32.4 Å². The van der Waals surface area contributed by atoms with Crippen molar-refractivity contribution in [1.82, 2.24) is 4.90 Å². The topological polar surface area (TPSA) is 41.9 Å². The normalized spacial score (nSPS) is 21.8. The van der Waals surface area contributed by atoms with Crippen molar-refractivity contribution in [3.05, 3.63) is 28.8 Å². The molecule has 0 unspecified atom stereocenters. The zero-order valence-electron chi connectivity index (χ0n) is 12.7. The number of hydrogen-bond acceptors (Lipinski definition) is 4. The molecule has 5 heteroatoms. The van der Waals surface area contributed by atoms with Crippen LogP contribution >= 0.6 is 11.6 Å². The zero-order valence-corrected chi connectivity index (χ0v) is 13.5. The second-order valence-electron chi connectivity index (χ2n) is 5.64. The number of benzene rings is 1. The molecular weight excluding hydrogens is 290 g/mol. The van der Waals surface area contributed by atoms with Crippen LogP contribution in [0.25, 0.3) is 0 Å². The average Bonchev–Trinajstić information content (AvgIpc) is 2.65. The minimum absolute atomic E-state index is 0.243. The lowest BCUT2D eigenvalue weighted by atomic mass is 10.2. The summed E-state index contributed by atoms with van der Waals surface area (Å²) in [5.74, 6) is 0.628. The number of aliphatic hydroxyl groups excluding tert-OH is 1. The summed E-state index contributed by atoms with van der Waals surface area (Å²) in [6.45, 7) is 7.35. The van der Waals surface area contributed by atoms with E-state index in [1.165, 1.54) is 0 Å². The van der Waals surface area contributed by atoms with Crippen LogP contribution in [0.2, 0.25) is 5.02 Å². The molecule has 2 atom stereocenters. The molecule has 4 nitrogen and oxygen atoms in total. The monoisotopic (exact) mass is 313 g/mol. The molecular formula is C16H24ClNO3. The zero-order chi connectivity index (χ0) is 15.2. The fourth-order valence-corrected chi connectivity index (χ4v) is 2.61. The number of aryl methyl sites for hydroxylation is 1. The van der Waals surface area contributed by atoms with Crippen molar-refractivity contribution in [3.63, 3.8) is 0 Å². The number of ether oxygens (including phenoxy) is 2. The molecule has 1 aromatic carbocycles. The molecule has 1 aromatic rings. The van der Waals surface area contributed by atoms with Crippen LogP contribution in [0, 0.1) is 6.92 Å². The number of hydrogen-bond donors (Lipinski definition) is 1.